The van der Waals surface area contributed by atoms with Crippen LogP contribution in [0, 0.1) is 0 Å². The fraction of sp³-hybridized carbons (Fsp3) is 0.435. The first-order valence-corrected chi connectivity index (χ1v) is 9.94. The molecular formula is C23H27NO6. The molecule has 0 aromatic heterocycles. The van der Waals surface area contributed by atoms with Crippen molar-refractivity contribution in [3.05, 3.63) is 40.5 Å². The number of hydrogen-bond acceptors (Lipinski definition) is 6. The molecule has 7 nitrogen and oxygen atoms in total. The number of aryl methyl sites for hydroxylation is 1. The summed E-state index contributed by atoms with van der Waals surface area (Å²) in [6.45, 7) is 2.10. The van der Waals surface area contributed by atoms with E-state index in [-0.39, 0.29) is 23.6 Å². The van der Waals surface area contributed by atoms with Crippen molar-refractivity contribution in [2.24, 2.45) is 0 Å². The average molecular weight is 413 g/mol. The molecule has 1 aliphatic heterocycles. The highest BCUT2D eigenvalue weighted by Crippen LogP contribution is 2.53. The Kier molecular flexibility index (Phi) is 5.13. The number of phenolic OH excluding ortho intramolecular Hbond substituents is 1. The Morgan fingerprint density at radius 2 is 1.67 bits per heavy atom. The third kappa shape index (κ3) is 2.91. The maximum atomic E-state index is 12.5. The number of nitrogens with zero attached hydrogens (tertiary/aromatic N) is 1. The van der Waals surface area contributed by atoms with E-state index < -0.39 is 0 Å². The Morgan fingerprint density at radius 3 is 2.27 bits per heavy atom. The molecule has 1 aliphatic carbocycles. The van der Waals surface area contributed by atoms with Gasteiger partial charge in [0, 0.05) is 24.9 Å². The number of ether oxygens (including phenoxy) is 4. The molecule has 2 aromatic rings. The first kappa shape index (κ1) is 20.2. The molecule has 1 N–H and O–H groups in total. The molecule has 160 valence electrons. The summed E-state index contributed by atoms with van der Waals surface area (Å²) in [5.74, 6) is 2.10. The van der Waals surface area contributed by atoms with Crippen LogP contribution in [-0.2, 0) is 11.2 Å². The molecule has 0 radical (unpaired) electrons. The minimum Gasteiger partial charge on any atom is -0.504 e. The van der Waals surface area contributed by atoms with Gasteiger partial charge in [0.05, 0.1) is 34.5 Å². The van der Waals surface area contributed by atoms with E-state index in [9.17, 15) is 9.90 Å². The summed E-state index contributed by atoms with van der Waals surface area (Å²) < 4.78 is 22.4. The molecule has 2 aliphatic rings. The number of phenols is 1. The zero-order chi connectivity index (χ0) is 21.6. The molecule has 2 bridgehead atoms. The molecule has 7 heteroatoms. The van der Waals surface area contributed by atoms with Crippen LogP contribution in [0.25, 0.3) is 0 Å². The van der Waals surface area contributed by atoms with Crippen molar-refractivity contribution in [2.45, 2.75) is 31.7 Å². The third-order valence-electron chi connectivity index (χ3n) is 6.27. The van der Waals surface area contributed by atoms with Crippen molar-refractivity contribution in [2.75, 3.05) is 35.0 Å². The quantitative estimate of drug-likeness (QED) is 0.828. The summed E-state index contributed by atoms with van der Waals surface area (Å²) in [7, 11) is 6.35. The SMILES string of the molecule is COc1cc2c(cc1O)[C@@H]1CCc3cc(OC)c(OC)c(OC)c3[C@H]2CN1C(C)=O. The van der Waals surface area contributed by atoms with E-state index in [2.05, 4.69) is 0 Å². The number of hydrogen-bond donors (Lipinski definition) is 1. The zero-order valence-electron chi connectivity index (χ0n) is 17.9. The largest absolute Gasteiger partial charge is 0.504 e. The highest BCUT2D eigenvalue weighted by atomic mass is 16.5. The van der Waals surface area contributed by atoms with Gasteiger partial charge in [-0.3, -0.25) is 4.79 Å². The topological polar surface area (TPSA) is 77.5 Å². The summed E-state index contributed by atoms with van der Waals surface area (Å²) in [5, 5.41) is 10.4. The Morgan fingerprint density at radius 1 is 0.967 bits per heavy atom. The monoisotopic (exact) mass is 413 g/mol. The molecule has 30 heavy (non-hydrogen) atoms. The van der Waals surface area contributed by atoms with Crippen molar-refractivity contribution in [1.82, 2.24) is 4.90 Å². The molecule has 1 heterocycles. The average Bonchev–Trinajstić information content (AvgIpc) is 2.73. The highest BCUT2D eigenvalue weighted by Gasteiger charge is 2.41. The van der Waals surface area contributed by atoms with E-state index in [0.29, 0.717) is 29.5 Å². The van der Waals surface area contributed by atoms with Crippen LogP contribution < -0.4 is 18.9 Å². The van der Waals surface area contributed by atoms with Crippen LogP contribution in [0.15, 0.2) is 18.2 Å². The van der Waals surface area contributed by atoms with Crippen molar-refractivity contribution in [3.8, 4) is 28.7 Å². The molecule has 0 fully saturated rings. The van der Waals surface area contributed by atoms with Gasteiger partial charge in [0.2, 0.25) is 11.7 Å². The minimum absolute atomic E-state index is 0.00820. The van der Waals surface area contributed by atoms with Gasteiger partial charge in [-0.15, -0.1) is 0 Å². The van der Waals surface area contributed by atoms with E-state index in [1.807, 2.05) is 17.0 Å². The van der Waals surface area contributed by atoms with Gasteiger partial charge in [-0.25, -0.2) is 0 Å². The van der Waals surface area contributed by atoms with Crippen molar-refractivity contribution >= 4 is 5.91 Å². The lowest BCUT2D eigenvalue weighted by Crippen LogP contribution is -2.43. The molecule has 2 atom stereocenters. The number of aromatic hydroxyl groups is 1. The highest BCUT2D eigenvalue weighted by molar-refractivity contribution is 5.76. The van der Waals surface area contributed by atoms with Gasteiger partial charge < -0.3 is 29.0 Å². The Balaban J connectivity index is 2.04. The first-order chi connectivity index (χ1) is 14.4. The second-order valence-corrected chi connectivity index (χ2v) is 7.65. The zero-order valence-corrected chi connectivity index (χ0v) is 17.9. The van der Waals surface area contributed by atoms with Gasteiger partial charge in [-0.1, -0.05) is 0 Å². The lowest BCUT2D eigenvalue weighted by Gasteiger charge is -2.44. The summed E-state index contributed by atoms with van der Waals surface area (Å²) in [6, 6.07) is 5.51. The van der Waals surface area contributed by atoms with Gasteiger partial charge in [0.15, 0.2) is 23.0 Å². The minimum atomic E-state index is -0.153. The molecule has 0 saturated heterocycles. The molecule has 0 unspecified atom stereocenters. The molecule has 2 aromatic carbocycles. The van der Waals surface area contributed by atoms with Crippen LogP contribution in [0.2, 0.25) is 0 Å². The van der Waals surface area contributed by atoms with Gasteiger partial charge in [-0.2, -0.15) is 0 Å². The van der Waals surface area contributed by atoms with E-state index >= 15 is 0 Å². The van der Waals surface area contributed by atoms with Crippen LogP contribution >= 0.6 is 0 Å². The number of amides is 1. The number of methoxy groups -OCH3 is 4. The lowest BCUT2D eigenvalue weighted by molar-refractivity contribution is -0.132. The molecule has 1 amide bonds. The Bertz CT molecular complexity index is 1000. The fourth-order valence-corrected chi connectivity index (χ4v) is 4.96. The second-order valence-electron chi connectivity index (χ2n) is 7.65. The smallest absolute Gasteiger partial charge is 0.219 e. The van der Waals surface area contributed by atoms with E-state index in [4.69, 9.17) is 18.9 Å². The normalized spacial score (nSPS) is 19.3. The molecule has 0 spiro atoms. The molecule has 4 rings (SSSR count). The first-order valence-electron chi connectivity index (χ1n) is 9.94. The maximum Gasteiger partial charge on any atom is 0.219 e. The summed E-state index contributed by atoms with van der Waals surface area (Å²) >= 11 is 0. The van der Waals surface area contributed by atoms with Crippen LogP contribution in [0.5, 0.6) is 28.7 Å². The number of benzene rings is 2. The second kappa shape index (κ2) is 7.63. The predicted octanol–water partition coefficient (Wildman–Crippen LogP) is 3.41. The third-order valence-corrected chi connectivity index (χ3v) is 6.27. The predicted molar refractivity (Wildman–Crippen MR) is 111 cm³/mol. The van der Waals surface area contributed by atoms with Gasteiger partial charge in [-0.05, 0) is 47.7 Å². The van der Waals surface area contributed by atoms with E-state index in [0.717, 1.165) is 35.1 Å². The summed E-state index contributed by atoms with van der Waals surface area (Å²) in [6.07, 6.45) is 1.46. The van der Waals surface area contributed by atoms with E-state index in [1.54, 1.807) is 34.3 Å². The fourth-order valence-electron chi connectivity index (χ4n) is 4.96. The van der Waals surface area contributed by atoms with Crippen LogP contribution in [-0.4, -0.2) is 50.9 Å². The lowest BCUT2D eigenvalue weighted by atomic mass is 9.74. The number of rotatable bonds is 4. The molecular weight excluding hydrogens is 386 g/mol. The maximum absolute atomic E-state index is 12.5. The summed E-state index contributed by atoms with van der Waals surface area (Å²) in [4.78, 5) is 14.4. The Labute approximate surface area is 176 Å². The standard InChI is InChI=1S/C23H27NO6/c1-12(25)24-11-16-14-10-19(27-2)18(26)9-15(14)17(24)7-6-13-8-20(28-3)22(29-4)23(30-5)21(13)16/h8-10,16-17,26H,6-7,11H2,1-5H3/t16-,17-/m0/s1. The van der Waals surface area contributed by atoms with Crippen LogP contribution in [0.3, 0.4) is 0 Å². The van der Waals surface area contributed by atoms with Crippen molar-refractivity contribution < 1.29 is 28.8 Å². The number of fused-ring (bicyclic) bond motifs is 2. The van der Waals surface area contributed by atoms with Crippen molar-refractivity contribution in [1.29, 1.82) is 0 Å². The van der Waals surface area contributed by atoms with Gasteiger partial charge in [0.25, 0.3) is 0 Å². The Hall–Kier alpha value is -3.09. The van der Waals surface area contributed by atoms with Crippen LogP contribution in [0.1, 0.15) is 47.6 Å². The van der Waals surface area contributed by atoms with Gasteiger partial charge in [0.1, 0.15) is 0 Å². The van der Waals surface area contributed by atoms with Gasteiger partial charge >= 0.3 is 0 Å². The summed E-state index contributed by atoms with van der Waals surface area (Å²) in [5.41, 5.74) is 4.06. The molecule has 0 saturated carbocycles. The van der Waals surface area contributed by atoms with Crippen molar-refractivity contribution in [3.63, 3.8) is 0 Å². The van der Waals surface area contributed by atoms with E-state index in [1.165, 1.54) is 7.11 Å². The van der Waals surface area contributed by atoms with Crippen LogP contribution in [0.4, 0.5) is 0 Å². The number of carbonyl (C=O) groups is 1. The number of carbonyl (C=O) groups excluding carboxylic acids is 1.